The Labute approximate surface area is 203 Å². The van der Waals surface area contributed by atoms with Crippen molar-refractivity contribution in [2.45, 2.75) is 57.2 Å². The smallest absolute Gasteiger partial charge is 0.399 e. The second-order valence-electron chi connectivity index (χ2n) is 10.3. The van der Waals surface area contributed by atoms with Crippen molar-refractivity contribution in [1.82, 2.24) is 9.97 Å². The van der Waals surface area contributed by atoms with E-state index in [9.17, 15) is 0 Å². The molecule has 0 unspecified atom stereocenters. The number of benzene rings is 2. The fourth-order valence-corrected chi connectivity index (χ4v) is 5.57. The lowest BCUT2D eigenvalue weighted by Gasteiger charge is -2.32. The summed E-state index contributed by atoms with van der Waals surface area (Å²) in [6.45, 7) is 7.96. The van der Waals surface area contributed by atoms with E-state index in [2.05, 4.69) is 35.3 Å². The van der Waals surface area contributed by atoms with Gasteiger partial charge in [0.15, 0.2) is 0 Å². The quantitative estimate of drug-likeness (QED) is 0.348. The van der Waals surface area contributed by atoms with Crippen molar-refractivity contribution in [1.29, 1.82) is 0 Å². The van der Waals surface area contributed by atoms with Gasteiger partial charge >= 0.3 is 7.12 Å². The molecular weight excluding hydrogens is 446 g/mol. The first-order chi connectivity index (χ1) is 16.2. The van der Waals surface area contributed by atoms with Gasteiger partial charge in [-0.05, 0) is 75.8 Å². The van der Waals surface area contributed by atoms with Crippen molar-refractivity contribution in [3.8, 4) is 10.6 Å². The van der Waals surface area contributed by atoms with Crippen LogP contribution < -0.4 is 5.46 Å². The molecule has 2 aliphatic rings. The molecule has 1 aliphatic carbocycles. The monoisotopic (exact) mass is 472 g/mol. The summed E-state index contributed by atoms with van der Waals surface area (Å²) in [5.74, 6) is -0.338. The maximum atomic E-state index is 15.2. The Morgan fingerprint density at radius 2 is 1.59 bits per heavy atom. The number of nitrogens with zero attached hydrogens (tertiary/aromatic N) is 2. The lowest BCUT2D eigenvalue weighted by Crippen LogP contribution is -2.41. The van der Waals surface area contributed by atoms with Gasteiger partial charge in [-0.15, -0.1) is 0 Å². The Morgan fingerprint density at radius 3 is 2.24 bits per heavy atom. The van der Waals surface area contributed by atoms with E-state index in [0.717, 1.165) is 28.9 Å². The summed E-state index contributed by atoms with van der Waals surface area (Å²) < 4.78 is 27.4. The molecule has 1 saturated heterocycles. The zero-order valence-electron chi connectivity index (χ0n) is 19.8. The summed E-state index contributed by atoms with van der Waals surface area (Å²) >= 11 is 1.43. The van der Waals surface area contributed by atoms with Crippen LogP contribution in [-0.2, 0) is 14.7 Å². The molecule has 0 spiro atoms. The van der Waals surface area contributed by atoms with E-state index in [1.165, 1.54) is 23.0 Å². The SMILES string of the molecule is CC1(C)OB(c2ccc(-c3nc4ccc(C5(c6ccccc6)CC5)nc4s3)c(F)c2)OC1(C)C. The van der Waals surface area contributed by atoms with Crippen molar-refractivity contribution in [2.24, 2.45) is 0 Å². The average molecular weight is 472 g/mol. The standard InChI is InChI=1S/C27H26BFN2O2S/c1-25(2)26(3,4)33-28(32-25)18-10-11-19(20(29)16-18)23-30-21-12-13-22(31-24(21)34-23)27(14-15-27)17-8-6-5-7-9-17/h5-13,16H,14-15H2,1-4H3. The van der Waals surface area contributed by atoms with Crippen molar-refractivity contribution in [3.05, 3.63) is 77.7 Å². The Morgan fingerprint density at radius 1 is 0.882 bits per heavy atom. The van der Waals surface area contributed by atoms with Gasteiger partial charge in [0.2, 0.25) is 0 Å². The van der Waals surface area contributed by atoms with Gasteiger partial charge in [-0.2, -0.15) is 0 Å². The number of pyridine rings is 1. The van der Waals surface area contributed by atoms with E-state index in [1.54, 1.807) is 6.07 Å². The molecule has 4 aromatic rings. The largest absolute Gasteiger partial charge is 0.494 e. The molecule has 172 valence electrons. The highest BCUT2D eigenvalue weighted by Gasteiger charge is 2.52. The first kappa shape index (κ1) is 21.9. The normalized spacial score (nSPS) is 20.1. The van der Waals surface area contributed by atoms with E-state index in [-0.39, 0.29) is 11.2 Å². The van der Waals surface area contributed by atoms with Gasteiger partial charge in [0.1, 0.15) is 21.2 Å². The Hall–Kier alpha value is -2.61. The third kappa shape index (κ3) is 3.41. The van der Waals surface area contributed by atoms with E-state index in [4.69, 9.17) is 14.3 Å². The van der Waals surface area contributed by atoms with Gasteiger partial charge < -0.3 is 9.31 Å². The van der Waals surface area contributed by atoms with Crippen LogP contribution in [0.5, 0.6) is 0 Å². The highest BCUT2D eigenvalue weighted by Crippen LogP contribution is 2.53. The first-order valence-corrected chi connectivity index (χ1v) is 12.5. The Balaban J connectivity index is 1.31. The fraction of sp³-hybridized carbons (Fsp3) is 0.333. The van der Waals surface area contributed by atoms with Crippen LogP contribution >= 0.6 is 11.3 Å². The third-order valence-corrected chi connectivity index (χ3v) is 8.57. The molecular formula is C27H26BFN2O2S. The molecule has 0 N–H and O–H groups in total. The number of rotatable bonds is 4. The number of halogens is 1. The van der Waals surface area contributed by atoms with Crippen LogP contribution in [0.4, 0.5) is 4.39 Å². The summed E-state index contributed by atoms with van der Waals surface area (Å²) in [5, 5.41) is 0.627. The number of hydrogen-bond acceptors (Lipinski definition) is 5. The highest BCUT2D eigenvalue weighted by molar-refractivity contribution is 7.21. The fourth-order valence-electron chi connectivity index (χ4n) is 4.60. The third-order valence-electron chi connectivity index (χ3n) is 7.57. The topological polar surface area (TPSA) is 44.2 Å². The van der Waals surface area contributed by atoms with E-state index in [0.29, 0.717) is 16.0 Å². The molecule has 6 rings (SSSR count). The molecule has 0 radical (unpaired) electrons. The maximum Gasteiger partial charge on any atom is 0.494 e. The predicted octanol–water partition coefficient (Wildman–Crippen LogP) is 5.88. The van der Waals surface area contributed by atoms with E-state index < -0.39 is 18.3 Å². The molecule has 0 amide bonds. The van der Waals surface area contributed by atoms with Crippen LogP contribution in [0.1, 0.15) is 51.8 Å². The first-order valence-electron chi connectivity index (χ1n) is 11.7. The van der Waals surface area contributed by atoms with Gasteiger partial charge in [0.05, 0.1) is 16.9 Å². The molecule has 3 heterocycles. The molecule has 7 heteroatoms. The zero-order valence-corrected chi connectivity index (χ0v) is 20.6. The summed E-state index contributed by atoms with van der Waals surface area (Å²) in [6, 6.07) is 19.8. The molecule has 2 aromatic carbocycles. The molecule has 2 fully saturated rings. The summed E-state index contributed by atoms with van der Waals surface area (Å²) in [6.07, 6.45) is 2.19. The summed E-state index contributed by atoms with van der Waals surface area (Å²) in [5.41, 5.74) is 3.35. The number of thiazole rings is 1. The highest BCUT2D eigenvalue weighted by atomic mass is 32.1. The maximum absolute atomic E-state index is 15.2. The summed E-state index contributed by atoms with van der Waals surface area (Å²) in [7, 11) is -0.596. The number of aromatic nitrogens is 2. The van der Waals surface area contributed by atoms with Gasteiger partial charge in [-0.3, -0.25) is 0 Å². The van der Waals surface area contributed by atoms with Gasteiger partial charge in [-0.1, -0.05) is 47.7 Å². The van der Waals surface area contributed by atoms with Gasteiger partial charge in [0, 0.05) is 11.0 Å². The zero-order chi connectivity index (χ0) is 23.7. The van der Waals surface area contributed by atoms with Crippen molar-refractivity contribution in [2.75, 3.05) is 0 Å². The molecule has 4 nitrogen and oxygen atoms in total. The second kappa shape index (κ2) is 7.44. The summed E-state index contributed by atoms with van der Waals surface area (Å²) in [4.78, 5) is 10.5. The van der Waals surface area contributed by atoms with Crippen molar-refractivity contribution in [3.63, 3.8) is 0 Å². The van der Waals surface area contributed by atoms with Crippen LogP contribution in [0.15, 0.2) is 60.7 Å². The second-order valence-corrected chi connectivity index (χ2v) is 11.3. The van der Waals surface area contributed by atoms with E-state index in [1.807, 2.05) is 45.9 Å². The van der Waals surface area contributed by atoms with Crippen LogP contribution in [0.3, 0.4) is 0 Å². The van der Waals surface area contributed by atoms with Crippen molar-refractivity contribution >= 4 is 34.3 Å². The predicted molar refractivity (Wildman–Crippen MR) is 135 cm³/mol. The average Bonchev–Trinajstić information content (AvgIpc) is 3.45. The van der Waals surface area contributed by atoms with Crippen LogP contribution in [-0.4, -0.2) is 28.3 Å². The number of fused-ring (bicyclic) bond motifs is 1. The molecule has 1 saturated carbocycles. The van der Waals surface area contributed by atoms with Crippen molar-refractivity contribution < 1.29 is 13.7 Å². The van der Waals surface area contributed by atoms with E-state index >= 15 is 4.39 Å². The minimum Gasteiger partial charge on any atom is -0.399 e. The minimum absolute atomic E-state index is 0.00463. The van der Waals surface area contributed by atoms with Gasteiger partial charge in [-0.25, -0.2) is 14.4 Å². The molecule has 2 aromatic heterocycles. The minimum atomic E-state index is -0.596. The molecule has 1 aliphatic heterocycles. The molecule has 0 bridgehead atoms. The van der Waals surface area contributed by atoms with Crippen LogP contribution in [0.2, 0.25) is 0 Å². The lowest BCUT2D eigenvalue weighted by molar-refractivity contribution is 0.00578. The molecule has 0 atom stereocenters. The Kier molecular flexibility index (Phi) is 4.79. The van der Waals surface area contributed by atoms with Gasteiger partial charge in [0.25, 0.3) is 0 Å². The van der Waals surface area contributed by atoms with Crippen LogP contribution in [0.25, 0.3) is 20.9 Å². The lowest BCUT2D eigenvalue weighted by atomic mass is 9.78. The molecule has 34 heavy (non-hydrogen) atoms. The van der Waals surface area contributed by atoms with Crippen LogP contribution in [0, 0.1) is 5.82 Å². The number of hydrogen-bond donors (Lipinski definition) is 0. The Bertz CT molecular complexity index is 1380.